The molecule has 48 heavy (non-hydrogen) atoms. The Balaban J connectivity index is 1.02. The van der Waals surface area contributed by atoms with Gasteiger partial charge in [0.15, 0.2) is 11.6 Å². The number of fused-ring (bicyclic) bond motifs is 2. The Hall–Kier alpha value is -4.11. The summed E-state index contributed by atoms with van der Waals surface area (Å²) >= 11 is 0. The molecule has 252 valence electrons. The molecule has 13 nitrogen and oxygen atoms in total. The van der Waals surface area contributed by atoms with Gasteiger partial charge in [-0.25, -0.2) is 24.2 Å². The van der Waals surface area contributed by atoms with Crippen molar-refractivity contribution in [2.75, 3.05) is 48.5 Å². The molecular formula is C34H41N9O4S. The van der Waals surface area contributed by atoms with Crippen LogP contribution in [0.1, 0.15) is 56.2 Å². The second kappa shape index (κ2) is 12.4. The van der Waals surface area contributed by atoms with E-state index in [9.17, 15) is 14.1 Å². The second-order valence-electron chi connectivity index (χ2n) is 13.3. The van der Waals surface area contributed by atoms with E-state index in [1.54, 1.807) is 29.7 Å². The van der Waals surface area contributed by atoms with Gasteiger partial charge in [0.1, 0.15) is 23.7 Å². The van der Waals surface area contributed by atoms with E-state index in [1.807, 2.05) is 36.6 Å². The van der Waals surface area contributed by atoms with Gasteiger partial charge in [-0.2, -0.15) is 0 Å². The van der Waals surface area contributed by atoms with Crippen LogP contribution in [-0.4, -0.2) is 85.9 Å². The number of piperazine rings is 1. The van der Waals surface area contributed by atoms with Gasteiger partial charge >= 0.3 is 0 Å². The largest absolute Gasteiger partial charge is 0.392 e. The molecule has 5 aliphatic heterocycles. The number of nitrogens with one attached hydrogen (secondary N) is 3. The SMILES string of the molecule is CN1C=CC(Nc2cnc(N3CCNC[C@@]3(C)C3CCO3)cn2)C(=O)C1c1ccnc(N2C=C3C(=CN2)C2=C(CCCC2)S3=O)c1CO. The fourth-order valence-corrected chi connectivity index (χ4v) is 9.40. The maximum absolute atomic E-state index is 14.1. The summed E-state index contributed by atoms with van der Waals surface area (Å²) in [7, 11) is 0.630. The third kappa shape index (κ3) is 5.13. The third-order valence-corrected chi connectivity index (χ3v) is 12.1. The number of allylic oxidation sites excluding steroid dienone is 3. The van der Waals surface area contributed by atoms with Gasteiger partial charge in [-0.15, -0.1) is 0 Å². The summed E-state index contributed by atoms with van der Waals surface area (Å²) in [5.41, 5.74) is 6.40. The number of aliphatic hydroxyl groups is 1. The summed E-state index contributed by atoms with van der Waals surface area (Å²) in [5, 5.41) is 19.1. The fourth-order valence-electron chi connectivity index (χ4n) is 7.79. The minimum Gasteiger partial charge on any atom is -0.392 e. The standard InChI is InChI=1S/C34H41N9O4S/c1-34(28-9-14-47-28)20-35-11-13-42(34)30-17-37-29(16-38-30)40-25-8-12-41(2)31(32(25)45)22-7-10-36-33(24(22)19-44)43-18-27-23(15-39-43)21-5-3-4-6-26(21)48(27)46/h7-8,10,12,15-18,25,28,31,35,39,44H,3-6,9,11,13-14,19-20H2,1-2H3,(H,37,40)/t25?,28?,31?,34-,48?/m0/s1. The first-order valence-corrected chi connectivity index (χ1v) is 17.9. The van der Waals surface area contributed by atoms with Crippen molar-refractivity contribution in [1.29, 1.82) is 0 Å². The van der Waals surface area contributed by atoms with Crippen molar-refractivity contribution in [3.63, 3.8) is 0 Å². The average Bonchev–Trinajstić information content (AvgIpc) is 3.36. The zero-order valence-electron chi connectivity index (χ0n) is 27.2. The Morgan fingerprint density at radius 3 is 2.83 bits per heavy atom. The van der Waals surface area contributed by atoms with Crippen LogP contribution in [0.2, 0.25) is 0 Å². The Labute approximate surface area is 282 Å². The van der Waals surface area contributed by atoms with E-state index in [0.29, 0.717) is 22.8 Å². The molecule has 0 radical (unpaired) electrons. The van der Waals surface area contributed by atoms with Crippen LogP contribution in [0.3, 0.4) is 0 Å². The van der Waals surface area contributed by atoms with Gasteiger partial charge in [0, 0.05) is 67.9 Å². The molecule has 4 unspecified atom stereocenters. The van der Waals surface area contributed by atoms with Gasteiger partial charge in [0.2, 0.25) is 0 Å². The number of pyridine rings is 1. The van der Waals surface area contributed by atoms with Crippen molar-refractivity contribution in [1.82, 2.24) is 30.6 Å². The van der Waals surface area contributed by atoms with E-state index in [1.165, 1.54) is 5.57 Å². The van der Waals surface area contributed by atoms with Crippen molar-refractivity contribution < 1.29 is 18.8 Å². The number of anilines is 3. The van der Waals surface area contributed by atoms with Gasteiger partial charge in [-0.3, -0.25) is 10.2 Å². The third-order valence-electron chi connectivity index (χ3n) is 10.5. The highest BCUT2D eigenvalue weighted by Crippen LogP contribution is 2.45. The number of carbonyl (C=O) groups is 1. The fraction of sp³-hybridized carbons (Fsp3) is 0.471. The molecule has 2 aromatic heterocycles. The van der Waals surface area contributed by atoms with E-state index in [2.05, 4.69) is 37.9 Å². The molecule has 1 aliphatic carbocycles. The topological polar surface area (TPSA) is 148 Å². The van der Waals surface area contributed by atoms with Gasteiger partial charge < -0.3 is 30.3 Å². The molecule has 0 saturated carbocycles. The monoisotopic (exact) mass is 671 g/mol. The van der Waals surface area contributed by atoms with Crippen LogP contribution in [0.5, 0.6) is 0 Å². The normalized spacial score (nSPS) is 29.9. The molecule has 2 fully saturated rings. The zero-order valence-corrected chi connectivity index (χ0v) is 28.0. The lowest BCUT2D eigenvalue weighted by Gasteiger charge is -2.52. The molecule has 0 spiro atoms. The van der Waals surface area contributed by atoms with Gasteiger partial charge in [0.25, 0.3) is 0 Å². The molecule has 0 bridgehead atoms. The molecule has 4 N–H and O–H groups in total. The minimum absolute atomic E-state index is 0.101. The number of aromatic nitrogens is 3. The van der Waals surface area contributed by atoms with Crippen molar-refractivity contribution in [3.05, 3.63) is 81.4 Å². The number of Topliss-reactive ketones (excluding diaryl/α,β-unsaturated/α-hetero) is 1. The average molecular weight is 672 g/mol. The predicted molar refractivity (Wildman–Crippen MR) is 183 cm³/mol. The van der Waals surface area contributed by atoms with Gasteiger partial charge in [-0.05, 0) is 68.5 Å². The second-order valence-corrected chi connectivity index (χ2v) is 14.8. The first-order valence-electron chi connectivity index (χ1n) is 16.7. The zero-order chi connectivity index (χ0) is 33.0. The molecule has 0 aromatic carbocycles. The molecule has 8 rings (SSSR count). The predicted octanol–water partition coefficient (Wildman–Crippen LogP) is 2.51. The molecule has 7 heterocycles. The number of aliphatic hydroxyl groups excluding tert-OH is 1. The number of nitrogens with zero attached hydrogens (tertiary/aromatic N) is 6. The van der Waals surface area contributed by atoms with Crippen LogP contribution in [0.25, 0.3) is 0 Å². The number of hydrogen-bond acceptors (Lipinski definition) is 13. The molecule has 2 aromatic rings. The molecular weight excluding hydrogens is 631 g/mol. The number of likely N-dealkylation sites (N-methyl/N-ethyl adjacent to an activating group) is 1. The van der Waals surface area contributed by atoms with Gasteiger partial charge in [0.05, 0.1) is 46.3 Å². The summed E-state index contributed by atoms with van der Waals surface area (Å²) in [6.07, 6.45) is 17.6. The maximum Gasteiger partial charge on any atom is 0.185 e. The summed E-state index contributed by atoms with van der Waals surface area (Å²) in [6, 6.07) is 0.425. The number of hydrazine groups is 1. The highest BCUT2D eigenvalue weighted by atomic mass is 32.2. The van der Waals surface area contributed by atoms with E-state index in [0.717, 1.165) is 79.5 Å². The summed E-state index contributed by atoms with van der Waals surface area (Å²) in [6.45, 7) is 5.12. The lowest BCUT2D eigenvalue weighted by Crippen LogP contribution is -2.68. The number of ether oxygens (including phenoxy) is 1. The maximum atomic E-state index is 14.1. The van der Waals surface area contributed by atoms with Crippen molar-refractivity contribution in [2.45, 2.75) is 69.4 Å². The van der Waals surface area contributed by atoms with Crippen molar-refractivity contribution >= 4 is 34.0 Å². The number of rotatable bonds is 7. The summed E-state index contributed by atoms with van der Waals surface area (Å²) in [5.74, 6) is 1.62. The van der Waals surface area contributed by atoms with Crippen LogP contribution in [-0.2, 0) is 26.9 Å². The van der Waals surface area contributed by atoms with Crippen molar-refractivity contribution in [2.24, 2.45) is 0 Å². The first kappa shape index (κ1) is 31.2. The van der Waals surface area contributed by atoms with Crippen LogP contribution in [0.15, 0.2) is 70.3 Å². The molecule has 0 amide bonds. The van der Waals surface area contributed by atoms with Crippen LogP contribution in [0.4, 0.5) is 17.5 Å². The molecule has 5 atom stereocenters. The van der Waals surface area contributed by atoms with E-state index >= 15 is 0 Å². The Morgan fingerprint density at radius 2 is 2.06 bits per heavy atom. The number of carbonyl (C=O) groups excluding carboxylic acids is 1. The minimum atomic E-state index is -1.21. The van der Waals surface area contributed by atoms with E-state index < -0.39 is 22.9 Å². The lowest BCUT2D eigenvalue weighted by atomic mass is 9.86. The Morgan fingerprint density at radius 1 is 1.21 bits per heavy atom. The van der Waals surface area contributed by atoms with E-state index in [-0.39, 0.29) is 24.0 Å². The highest BCUT2D eigenvalue weighted by molar-refractivity contribution is 7.93. The lowest BCUT2D eigenvalue weighted by molar-refractivity contribution is -0.123. The number of ketones is 1. The van der Waals surface area contributed by atoms with Gasteiger partial charge in [-0.1, -0.05) is 0 Å². The van der Waals surface area contributed by atoms with Crippen LogP contribution >= 0.6 is 0 Å². The summed E-state index contributed by atoms with van der Waals surface area (Å²) in [4.78, 5) is 34.0. The Bertz CT molecular complexity index is 1770. The molecule has 14 heteroatoms. The van der Waals surface area contributed by atoms with E-state index in [4.69, 9.17) is 9.72 Å². The number of hydrogen-bond donors (Lipinski definition) is 4. The smallest absolute Gasteiger partial charge is 0.185 e. The summed E-state index contributed by atoms with van der Waals surface area (Å²) < 4.78 is 19.3. The van der Waals surface area contributed by atoms with Crippen LogP contribution in [0, 0.1) is 0 Å². The highest BCUT2D eigenvalue weighted by Gasteiger charge is 2.46. The quantitative estimate of drug-likeness (QED) is 0.342. The first-order chi connectivity index (χ1) is 23.4. The molecule has 2 saturated heterocycles. The van der Waals surface area contributed by atoms with Crippen LogP contribution < -0.4 is 26.0 Å². The van der Waals surface area contributed by atoms with Crippen molar-refractivity contribution in [3.8, 4) is 0 Å². The Kier molecular flexibility index (Phi) is 8.06. The molecule has 6 aliphatic rings.